The molecule has 0 amide bonds. The Labute approximate surface area is 125 Å². The summed E-state index contributed by atoms with van der Waals surface area (Å²) in [7, 11) is 1.79. The second-order valence-electron chi connectivity index (χ2n) is 6.21. The highest BCUT2D eigenvalue weighted by Gasteiger charge is 2.41. The Morgan fingerprint density at radius 1 is 1.10 bits per heavy atom. The van der Waals surface area contributed by atoms with E-state index in [0.717, 1.165) is 26.2 Å². The van der Waals surface area contributed by atoms with Crippen molar-refractivity contribution in [2.75, 3.05) is 26.9 Å². The summed E-state index contributed by atoms with van der Waals surface area (Å²) in [5.74, 6) is 0.583. The van der Waals surface area contributed by atoms with Crippen molar-refractivity contribution in [1.82, 2.24) is 5.32 Å². The van der Waals surface area contributed by atoms with Crippen molar-refractivity contribution in [2.45, 2.75) is 77.4 Å². The molecule has 2 atom stereocenters. The van der Waals surface area contributed by atoms with E-state index in [4.69, 9.17) is 9.47 Å². The summed E-state index contributed by atoms with van der Waals surface area (Å²) in [6.45, 7) is 9.35. The molecule has 0 saturated heterocycles. The zero-order valence-electron chi connectivity index (χ0n) is 14.0. The zero-order chi connectivity index (χ0) is 14.8. The molecular weight excluding hydrogens is 250 g/mol. The topological polar surface area (TPSA) is 30.5 Å². The summed E-state index contributed by atoms with van der Waals surface area (Å²) in [6.07, 6.45) is 8.84. The molecule has 1 N–H and O–H groups in total. The summed E-state index contributed by atoms with van der Waals surface area (Å²) in [6, 6.07) is 0.445. The maximum atomic E-state index is 6.36. The second-order valence-corrected chi connectivity index (χ2v) is 6.21. The number of likely N-dealkylation sites (N-methyl/N-ethyl adjacent to an activating group) is 1. The minimum atomic E-state index is 0.0361. The van der Waals surface area contributed by atoms with E-state index in [2.05, 4.69) is 26.1 Å². The van der Waals surface area contributed by atoms with Crippen LogP contribution in [0.5, 0.6) is 0 Å². The van der Waals surface area contributed by atoms with Crippen LogP contribution in [0.2, 0.25) is 0 Å². The predicted molar refractivity (Wildman–Crippen MR) is 85.2 cm³/mol. The van der Waals surface area contributed by atoms with Crippen molar-refractivity contribution in [1.29, 1.82) is 0 Å². The van der Waals surface area contributed by atoms with E-state index in [1.165, 1.54) is 38.5 Å². The fourth-order valence-corrected chi connectivity index (χ4v) is 3.76. The second kappa shape index (κ2) is 9.75. The first-order chi connectivity index (χ1) is 9.70. The van der Waals surface area contributed by atoms with Crippen molar-refractivity contribution >= 4 is 0 Å². The summed E-state index contributed by atoms with van der Waals surface area (Å²) < 4.78 is 11.6. The fraction of sp³-hybridized carbons (Fsp3) is 1.00. The molecule has 120 valence electrons. The van der Waals surface area contributed by atoms with Gasteiger partial charge < -0.3 is 14.8 Å². The van der Waals surface area contributed by atoms with Gasteiger partial charge in [0.2, 0.25) is 0 Å². The molecule has 0 aromatic rings. The number of ether oxygens (including phenoxy) is 2. The third-order valence-corrected chi connectivity index (χ3v) is 4.72. The van der Waals surface area contributed by atoms with Gasteiger partial charge in [0.05, 0.1) is 5.60 Å². The smallest absolute Gasteiger partial charge is 0.0837 e. The van der Waals surface area contributed by atoms with E-state index >= 15 is 0 Å². The lowest BCUT2D eigenvalue weighted by molar-refractivity contribution is -0.0900. The molecule has 0 aromatic heterocycles. The molecule has 1 rings (SSSR count). The Hall–Kier alpha value is -0.120. The molecular formula is C17H35NO2. The van der Waals surface area contributed by atoms with E-state index in [1.54, 1.807) is 7.11 Å². The van der Waals surface area contributed by atoms with E-state index < -0.39 is 0 Å². The van der Waals surface area contributed by atoms with Crippen LogP contribution in [0, 0.1) is 5.92 Å². The molecule has 1 fully saturated rings. The Morgan fingerprint density at radius 2 is 1.75 bits per heavy atom. The molecule has 2 unspecified atom stereocenters. The van der Waals surface area contributed by atoms with E-state index in [-0.39, 0.29) is 5.60 Å². The maximum Gasteiger partial charge on any atom is 0.0837 e. The lowest BCUT2D eigenvalue weighted by Gasteiger charge is -2.43. The summed E-state index contributed by atoms with van der Waals surface area (Å²) >= 11 is 0. The number of methoxy groups -OCH3 is 1. The Morgan fingerprint density at radius 3 is 2.25 bits per heavy atom. The minimum absolute atomic E-state index is 0.0361. The highest BCUT2D eigenvalue weighted by atomic mass is 16.5. The summed E-state index contributed by atoms with van der Waals surface area (Å²) in [5.41, 5.74) is 0.0361. The molecule has 3 nitrogen and oxygen atoms in total. The van der Waals surface area contributed by atoms with Gasteiger partial charge in [-0.3, -0.25) is 0 Å². The molecule has 0 radical (unpaired) electrons. The van der Waals surface area contributed by atoms with Gasteiger partial charge in [0.15, 0.2) is 0 Å². The van der Waals surface area contributed by atoms with Crippen molar-refractivity contribution in [3.8, 4) is 0 Å². The van der Waals surface area contributed by atoms with Gasteiger partial charge in [0, 0.05) is 26.4 Å². The van der Waals surface area contributed by atoms with Gasteiger partial charge in [-0.25, -0.2) is 0 Å². The summed E-state index contributed by atoms with van der Waals surface area (Å²) in [5, 5.41) is 3.73. The average molecular weight is 285 g/mol. The monoisotopic (exact) mass is 285 g/mol. The third-order valence-electron chi connectivity index (χ3n) is 4.72. The van der Waals surface area contributed by atoms with Crippen LogP contribution >= 0.6 is 0 Å². The third kappa shape index (κ3) is 5.01. The van der Waals surface area contributed by atoms with Crippen LogP contribution in [0.4, 0.5) is 0 Å². The fourth-order valence-electron chi connectivity index (χ4n) is 3.76. The Bertz CT molecular complexity index is 237. The highest BCUT2D eigenvalue weighted by Crippen LogP contribution is 2.37. The Balaban J connectivity index is 2.84. The first-order valence-corrected chi connectivity index (χ1v) is 8.56. The van der Waals surface area contributed by atoms with Gasteiger partial charge in [-0.05, 0) is 38.6 Å². The van der Waals surface area contributed by atoms with Gasteiger partial charge in [-0.1, -0.05) is 39.5 Å². The van der Waals surface area contributed by atoms with Crippen molar-refractivity contribution in [3.63, 3.8) is 0 Å². The van der Waals surface area contributed by atoms with E-state index in [0.29, 0.717) is 12.0 Å². The normalized spacial score (nSPS) is 22.2. The quantitative estimate of drug-likeness (QED) is 0.654. The average Bonchev–Trinajstić information content (AvgIpc) is 2.69. The van der Waals surface area contributed by atoms with Gasteiger partial charge in [-0.2, -0.15) is 0 Å². The minimum Gasteiger partial charge on any atom is -0.385 e. The standard InChI is InChI=1S/C17H35NO2/c1-5-18-16(15(3)11-14-19-4)17(20-6-2)12-9-7-8-10-13-17/h15-16,18H,5-14H2,1-4H3. The van der Waals surface area contributed by atoms with Crippen molar-refractivity contribution in [2.24, 2.45) is 5.92 Å². The van der Waals surface area contributed by atoms with Crippen LogP contribution in [-0.2, 0) is 9.47 Å². The number of hydrogen-bond donors (Lipinski definition) is 1. The highest BCUT2D eigenvalue weighted by molar-refractivity contribution is 4.97. The van der Waals surface area contributed by atoms with Gasteiger partial charge in [-0.15, -0.1) is 0 Å². The van der Waals surface area contributed by atoms with Crippen LogP contribution < -0.4 is 5.32 Å². The van der Waals surface area contributed by atoms with Gasteiger partial charge >= 0.3 is 0 Å². The number of nitrogens with one attached hydrogen (secondary N) is 1. The van der Waals surface area contributed by atoms with E-state index in [9.17, 15) is 0 Å². The van der Waals surface area contributed by atoms with Crippen LogP contribution in [0.1, 0.15) is 65.7 Å². The van der Waals surface area contributed by atoms with Crippen molar-refractivity contribution in [3.05, 3.63) is 0 Å². The lowest BCUT2D eigenvalue weighted by atomic mass is 9.78. The van der Waals surface area contributed by atoms with Crippen LogP contribution in [0.3, 0.4) is 0 Å². The Kier molecular flexibility index (Phi) is 8.74. The summed E-state index contributed by atoms with van der Waals surface area (Å²) in [4.78, 5) is 0. The zero-order valence-corrected chi connectivity index (χ0v) is 14.0. The first kappa shape index (κ1) is 17.9. The maximum absolute atomic E-state index is 6.36. The number of rotatable bonds is 9. The predicted octanol–water partition coefficient (Wildman–Crippen LogP) is 3.77. The van der Waals surface area contributed by atoms with Crippen LogP contribution in [0.15, 0.2) is 0 Å². The first-order valence-electron chi connectivity index (χ1n) is 8.56. The molecule has 1 aliphatic rings. The molecule has 0 heterocycles. The van der Waals surface area contributed by atoms with Gasteiger partial charge in [0.1, 0.15) is 0 Å². The molecule has 1 aliphatic carbocycles. The largest absolute Gasteiger partial charge is 0.385 e. The number of hydrogen-bond acceptors (Lipinski definition) is 3. The van der Waals surface area contributed by atoms with Gasteiger partial charge in [0.25, 0.3) is 0 Å². The molecule has 0 bridgehead atoms. The molecule has 3 heteroatoms. The molecule has 20 heavy (non-hydrogen) atoms. The molecule has 1 saturated carbocycles. The van der Waals surface area contributed by atoms with Crippen LogP contribution in [-0.4, -0.2) is 38.5 Å². The molecule has 0 aliphatic heterocycles. The molecule has 0 aromatic carbocycles. The van der Waals surface area contributed by atoms with Crippen LogP contribution in [0.25, 0.3) is 0 Å². The van der Waals surface area contributed by atoms with Crippen molar-refractivity contribution < 1.29 is 9.47 Å². The molecule has 0 spiro atoms. The van der Waals surface area contributed by atoms with E-state index in [1.807, 2.05) is 0 Å². The SMILES string of the molecule is CCNC(C(C)CCOC)C1(OCC)CCCCCC1. The lowest BCUT2D eigenvalue weighted by Crippen LogP contribution is -2.56.